The van der Waals surface area contributed by atoms with E-state index >= 15 is 0 Å². The summed E-state index contributed by atoms with van der Waals surface area (Å²) in [6.07, 6.45) is 19.3. The van der Waals surface area contributed by atoms with Crippen LogP contribution in [0.2, 0.25) is 0 Å². The molecule has 0 aliphatic heterocycles. The van der Waals surface area contributed by atoms with Crippen LogP contribution in [0.3, 0.4) is 0 Å². The van der Waals surface area contributed by atoms with Crippen molar-refractivity contribution < 1.29 is 58.3 Å². The van der Waals surface area contributed by atoms with Crippen molar-refractivity contribution in [2.24, 2.45) is 0 Å². The number of hydrogen-bond acceptors (Lipinski definition) is 5. The Morgan fingerprint density at radius 1 is 0.737 bits per heavy atom. The number of carbonyl (C=O) groups excluding carboxylic acids is 2. The number of hydrogen-bond donors (Lipinski definition) is 1. The number of esters is 1. The molecule has 0 heterocycles. The number of unbranched alkanes of at least 4 members (excludes halogenated alkanes) is 15. The maximum atomic E-state index is 12.8. The van der Waals surface area contributed by atoms with Crippen LogP contribution in [0, 0.1) is 0 Å². The van der Waals surface area contributed by atoms with Crippen molar-refractivity contribution in [3.05, 3.63) is 29.8 Å². The predicted octanol–water partition coefficient (Wildman–Crippen LogP) is 5.60. The van der Waals surface area contributed by atoms with Gasteiger partial charge in [0, 0.05) is 12.0 Å². The summed E-state index contributed by atoms with van der Waals surface area (Å²) in [4.78, 5) is 24.9. The van der Waals surface area contributed by atoms with Crippen LogP contribution in [0.5, 0.6) is 5.75 Å². The van der Waals surface area contributed by atoms with Crippen LogP contribution in [0.4, 0.5) is 0 Å². The maximum Gasteiger partial charge on any atom is 1.00 e. The van der Waals surface area contributed by atoms with Crippen molar-refractivity contribution in [3.63, 3.8) is 0 Å². The topological polar surface area (TPSA) is 97.7 Å². The third-order valence-corrected chi connectivity index (χ3v) is 8.00. The van der Waals surface area contributed by atoms with Gasteiger partial charge in [-0.15, -0.1) is 0 Å². The van der Waals surface area contributed by atoms with E-state index in [9.17, 15) is 22.6 Å². The van der Waals surface area contributed by atoms with Gasteiger partial charge in [0.2, 0.25) is 0 Å². The van der Waals surface area contributed by atoms with Gasteiger partial charge in [-0.2, -0.15) is 8.42 Å². The first-order chi connectivity index (χ1) is 17.8. The summed E-state index contributed by atoms with van der Waals surface area (Å²) in [5, 5.41) is -1.47. The molecule has 1 aromatic carbocycles. The summed E-state index contributed by atoms with van der Waals surface area (Å²) < 4.78 is 38.8. The fourth-order valence-corrected chi connectivity index (χ4v) is 5.39. The van der Waals surface area contributed by atoms with Crippen molar-refractivity contribution in [3.8, 4) is 5.75 Å². The van der Waals surface area contributed by atoms with Gasteiger partial charge in [-0.3, -0.25) is 14.1 Å². The van der Waals surface area contributed by atoms with E-state index in [4.69, 9.17) is 4.74 Å². The Balaban J connectivity index is 0. The molecular formula is C30H51NaO6S. The zero-order valence-corrected chi connectivity index (χ0v) is 27.0. The Morgan fingerprint density at radius 3 is 1.61 bits per heavy atom. The Labute approximate surface area is 255 Å². The number of ether oxygens (including phenoxy) is 1. The number of Topliss-reactive ketones (excluding diaryl/α,β-unsaturated/α-hetero) is 1. The minimum atomic E-state index is -4.50. The van der Waals surface area contributed by atoms with E-state index < -0.39 is 21.2 Å². The van der Waals surface area contributed by atoms with E-state index in [1.165, 1.54) is 88.5 Å². The Bertz CT molecular complexity index is 861. The van der Waals surface area contributed by atoms with Crippen LogP contribution in [-0.4, -0.2) is 30.0 Å². The summed E-state index contributed by atoms with van der Waals surface area (Å²) in [6.45, 7) is 4.39. The summed E-state index contributed by atoms with van der Waals surface area (Å²) >= 11 is 0. The van der Waals surface area contributed by atoms with Gasteiger partial charge in [0.1, 0.15) is 11.0 Å². The van der Waals surface area contributed by atoms with Crippen molar-refractivity contribution in [2.45, 2.75) is 141 Å². The van der Waals surface area contributed by atoms with Crippen LogP contribution >= 0.6 is 0 Å². The van der Waals surface area contributed by atoms with Gasteiger partial charge in [-0.1, -0.05) is 117 Å². The normalized spacial score (nSPS) is 12.1. The van der Waals surface area contributed by atoms with Crippen molar-refractivity contribution in [1.29, 1.82) is 0 Å². The molecule has 1 unspecified atom stereocenters. The summed E-state index contributed by atoms with van der Waals surface area (Å²) in [7, 11) is -4.50. The second-order valence-corrected chi connectivity index (χ2v) is 11.8. The molecule has 0 spiro atoms. The largest absolute Gasteiger partial charge is 1.00 e. The molecule has 0 aromatic heterocycles. The zero-order chi connectivity index (χ0) is 27.4. The molecule has 8 heteroatoms. The van der Waals surface area contributed by atoms with Crippen LogP contribution in [-0.2, 0) is 14.9 Å². The maximum absolute atomic E-state index is 12.8. The smallest absolute Gasteiger partial charge is 1.00 e. The molecule has 1 aromatic rings. The molecule has 0 amide bonds. The minimum absolute atomic E-state index is 0. The summed E-state index contributed by atoms with van der Waals surface area (Å²) in [5.74, 6) is -0.616. The first kappa shape index (κ1) is 37.3. The molecule has 0 radical (unpaired) electrons. The summed E-state index contributed by atoms with van der Waals surface area (Å²) in [5.41, 5.74) is 0.181. The minimum Gasteiger partial charge on any atom is -1.00 e. The third-order valence-electron chi connectivity index (χ3n) is 6.83. The SMILES string of the molecule is CCCCCCCCCCCC(=O)Oc1ccc(C(=O)C(CCCCCCCCCC)S(=O)(=O)O)cc1.[H-].[Na+]. The van der Waals surface area contributed by atoms with Crippen LogP contribution in [0.25, 0.3) is 0 Å². The molecule has 0 saturated heterocycles. The Hall–Kier alpha value is -0.730. The van der Waals surface area contributed by atoms with Crippen molar-refractivity contribution >= 4 is 21.9 Å². The molecular weight excluding hydrogens is 511 g/mol. The molecule has 214 valence electrons. The number of ketones is 1. The number of benzene rings is 1. The van der Waals surface area contributed by atoms with E-state index in [1.807, 2.05) is 0 Å². The van der Waals surface area contributed by atoms with E-state index in [-0.39, 0.29) is 48.9 Å². The molecule has 0 aliphatic carbocycles. The molecule has 0 bridgehead atoms. The van der Waals surface area contributed by atoms with E-state index in [2.05, 4.69) is 13.8 Å². The standard InChI is InChI=1S/C30H50O6S.Na.H/c1-3-5-7-9-11-13-15-17-19-21-29(31)36-27-24-22-26(23-25-27)30(32)28(37(33,34)35)20-18-16-14-12-10-8-6-4-2;;/h22-25,28H,3-21H2,1-2H3,(H,33,34,35);;/q;+1;-1. The average molecular weight is 563 g/mol. The molecule has 1 rings (SSSR count). The average Bonchev–Trinajstić information content (AvgIpc) is 2.86. The van der Waals surface area contributed by atoms with E-state index in [0.29, 0.717) is 18.6 Å². The van der Waals surface area contributed by atoms with Gasteiger partial charge in [0.25, 0.3) is 10.1 Å². The van der Waals surface area contributed by atoms with Gasteiger partial charge < -0.3 is 6.16 Å². The summed E-state index contributed by atoms with van der Waals surface area (Å²) in [6, 6.07) is 5.91. The number of carbonyl (C=O) groups is 2. The molecule has 0 fully saturated rings. The van der Waals surface area contributed by atoms with Gasteiger partial charge in [-0.05, 0) is 37.1 Å². The molecule has 0 saturated carbocycles. The molecule has 1 N–H and O–H groups in total. The van der Waals surface area contributed by atoms with Crippen molar-refractivity contribution in [1.82, 2.24) is 0 Å². The Kier molecular flexibility index (Phi) is 22.6. The second kappa shape index (κ2) is 23.0. The molecule has 6 nitrogen and oxygen atoms in total. The van der Waals surface area contributed by atoms with Gasteiger partial charge in [0.05, 0.1) is 0 Å². The molecule has 1 atom stereocenters. The number of rotatable bonds is 23. The van der Waals surface area contributed by atoms with Gasteiger partial charge in [-0.25, -0.2) is 0 Å². The monoisotopic (exact) mass is 562 g/mol. The van der Waals surface area contributed by atoms with Crippen molar-refractivity contribution in [2.75, 3.05) is 0 Å². The zero-order valence-electron chi connectivity index (χ0n) is 25.2. The predicted molar refractivity (Wildman–Crippen MR) is 152 cm³/mol. The van der Waals surface area contributed by atoms with E-state index in [0.717, 1.165) is 38.5 Å². The fourth-order valence-electron chi connectivity index (χ4n) is 4.51. The van der Waals surface area contributed by atoms with E-state index in [1.54, 1.807) is 0 Å². The Morgan fingerprint density at radius 2 is 1.16 bits per heavy atom. The van der Waals surface area contributed by atoms with Crippen LogP contribution < -0.4 is 34.3 Å². The molecule has 38 heavy (non-hydrogen) atoms. The fraction of sp³-hybridized carbons (Fsp3) is 0.733. The van der Waals surface area contributed by atoms with Crippen LogP contribution in [0.1, 0.15) is 148 Å². The molecule has 0 aliphatic rings. The first-order valence-electron chi connectivity index (χ1n) is 14.6. The first-order valence-corrected chi connectivity index (χ1v) is 16.1. The van der Waals surface area contributed by atoms with Gasteiger partial charge >= 0.3 is 35.5 Å². The van der Waals surface area contributed by atoms with Gasteiger partial charge in [0.15, 0.2) is 5.78 Å². The third kappa shape index (κ3) is 17.8. The van der Waals surface area contributed by atoms with Crippen LogP contribution in [0.15, 0.2) is 24.3 Å². The second-order valence-electron chi connectivity index (χ2n) is 10.2. The quantitative estimate of drug-likeness (QED) is 0.0466.